The molecule has 1 aromatic heterocycles. The Morgan fingerprint density at radius 1 is 1.15 bits per heavy atom. The average Bonchev–Trinajstić information content (AvgIpc) is 2.63. The molecule has 0 saturated carbocycles. The van der Waals surface area contributed by atoms with Gasteiger partial charge in [0, 0.05) is 24.7 Å². The predicted octanol–water partition coefficient (Wildman–Crippen LogP) is 2.87. The number of hydrogen-bond donors (Lipinski definition) is 2. The van der Waals surface area contributed by atoms with Crippen LogP contribution in [0.5, 0.6) is 0 Å². The second-order valence-corrected chi connectivity index (χ2v) is 8.05. The van der Waals surface area contributed by atoms with E-state index < -0.39 is 15.9 Å². The van der Waals surface area contributed by atoms with Crippen LogP contribution in [0.4, 0.5) is 11.5 Å². The molecule has 7 nitrogen and oxygen atoms in total. The molecule has 0 fully saturated rings. The maximum Gasteiger partial charge on any atom is 0.255 e. The number of aromatic nitrogens is 1. The maximum absolute atomic E-state index is 12.5. The van der Waals surface area contributed by atoms with E-state index in [9.17, 15) is 13.2 Å². The number of carbonyl (C=O) groups is 1. The van der Waals surface area contributed by atoms with Crippen molar-refractivity contribution < 1.29 is 13.2 Å². The van der Waals surface area contributed by atoms with E-state index in [1.54, 1.807) is 38.2 Å². The minimum Gasteiger partial charge on any atom is -0.357 e. The molecule has 0 aliphatic carbocycles. The van der Waals surface area contributed by atoms with Gasteiger partial charge in [0.2, 0.25) is 10.0 Å². The highest BCUT2D eigenvalue weighted by Crippen LogP contribution is 2.16. The first kappa shape index (κ1) is 20.9. The van der Waals surface area contributed by atoms with E-state index in [0.29, 0.717) is 5.69 Å². The summed E-state index contributed by atoms with van der Waals surface area (Å²) >= 11 is 0. The van der Waals surface area contributed by atoms with Crippen LogP contribution in [0.25, 0.3) is 0 Å². The summed E-state index contributed by atoms with van der Waals surface area (Å²) < 4.78 is 27.1. The summed E-state index contributed by atoms with van der Waals surface area (Å²) in [6, 6.07) is 9.32. The van der Waals surface area contributed by atoms with Crippen molar-refractivity contribution in [2.24, 2.45) is 0 Å². The van der Waals surface area contributed by atoms with Crippen LogP contribution in [0.2, 0.25) is 0 Å². The van der Waals surface area contributed by atoms with Gasteiger partial charge in [-0.3, -0.25) is 4.79 Å². The molecule has 0 atom stereocenters. The summed E-state index contributed by atoms with van der Waals surface area (Å²) in [6.07, 6.45) is 1.59. The molecule has 8 heteroatoms. The van der Waals surface area contributed by atoms with Crippen molar-refractivity contribution in [3.63, 3.8) is 0 Å². The molecule has 0 unspecified atom stereocenters. The number of pyridine rings is 1. The molecular weight excluding hydrogens is 364 g/mol. The van der Waals surface area contributed by atoms with E-state index >= 15 is 0 Å². The second kappa shape index (κ2) is 8.96. The summed E-state index contributed by atoms with van der Waals surface area (Å²) in [5.74, 6) is 0.444. The van der Waals surface area contributed by atoms with Crippen molar-refractivity contribution in [2.45, 2.75) is 38.6 Å². The molecule has 1 amide bonds. The SMILES string of the molecule is CCN(CC)c1ccc(NC(=O)c2cccc(S(=O)(=O)NC(C)C)c2)cn1. The lowest BCUT2D eigenvalue weighted by atomic mass is 10.2. The minimum atomic E-state index is -3.66. The molecule has 0 bridgehead atoms. The van der Waals surface area contributed by atoms with Crippen LogP contribution in [0.3, 0.4) is 0 Å². The molecule has 2 rings (SSSR count). The van der Waals surface area contributed by atoms with Gasteiger partial charge in [0.05, 0.1) is 16.8 Å². The minimum absolute atomic E-state index is 0.0545. The van der Waals surface area contributed by atoms with Crippen LogP contribution in [-0.2, 0) is 10.0 Å². The van der Waals surface area contributed by atoms with Crippen molar-refractivity contribution in [3.05, 3.63) is 48.2 Å². The van der Waals surface area contributed by atoms with Gasteiger partial charge < -0.3 is 10.2 Å². The number of carbonyl (C=O) groups excluding carboxylic acids is 1. The number of hydrogen-bond acceptors (Lipinski definition) is 5. The molecular formula is C19H26N4O3S. The highest BCUT2D eigenvalue weighted by atomic mass is 32.2. The summed E-state index contributed by atoms with van der Waals surface area (Å²) in [6.45, 7) is 9.28. The lowest BCUT2D eigenvalue weighted by molar-refractivity contribution is 0.102. The monoisotopic (exact) mass is 390 g/mol. The third-order valence-corrected chi connectivity index (χ3v) is 5.55. The Morgan fingerprint density at radius 3 is 2.41 bits per heavy atom. The van der Waals surface area contributed by atoms with E-state index in [1.807, 2.05) is 6.07 Å². The van der Waals surface area contributed by atoms with E-state index in [1.165, 1.54) is 12.1 Å². The number of sulfonamides is 1. The number of benzene rings is 1. The largest absolute Gasteiger partial charge is 0.357 e. The lowest BCUT2D eigenvalue weighted by Crippen LogP contribution is -2.30. The Morgan fingerprint density at radius 2 is 1.85 bits per heavy atom. The highest BCUT2D eigenvalue weighted by molar-refractivity contribution is 7.89. The van der Waals surface area contributed by atoms with Gasteiger partial charge in [0.15, 0.2) is 0 Å². The van der Waals surface area contributed by atoms with Crippen LogP contribution in [-0.4, -0.2) is 38.4 Å². The third kappa shape index (κ3) is 5.51. The summed E-state index contributed by atoms with van der Waals surface area (Å²) in [5, 5.41) is 2.74. The highest BCUT2D eigenvalue weighted by Gasteiger charge is 2.17. The molecule has 2 aromatic rings. The summed E-state index contributed by atoms with van der Waals surface area (Å²) in [7, 11) is -3.66. The topological polar surface area (TPSA) is 91.4 Å². The standard InChI is InChI=1S/C19H26N4O3S/c1-5-23(6-2)18-11-10-16(13-20-18)21-19(24)15-8-7-9-17(12-15)27(25,26)22-14(3)4/h7-14,22H,5-6H2,1-4H3,(H,21,24). The molecule has 27 heavy (non-hydrogen) atoms. The third-order valence-electron chi connectivity index (χ3n) is 3.89. The second-order valence-electron chi connectivity index (χ2n) is 6.34. The zero-order valence-electron chi connectivity index (χ0n) is 16.1. The molecule has 0 aliphatic rings. The van der Waals surface area contributed by atoms with E-state index in [0.717, 1.165) is 18.9 Å². The van der Waals surface area contributed by atoms with Crippen molar-refractivity contribution in [1.82, 2.24) is 9.71 Å². The van der Waals surface area contributed by atoms with Crippen molar-refractivity contribution in [3.8, 4) is 0 Å². The van der Waals surface area contributed by atoms with Crippen LogP contribution < -0.4 is 14.9 Å². The number of amides is 1. The maximum atomic E-state index is 12.5. The number of anilines is 2. The van der Waals surface area contributed by atoms with Gasteiger partial charge in [-0.15, -0.1) is 0 Å². The van der Waals surface area contributed by atoms with E-state index in [-0.39, 0.29) is 16.5 Å². The Labute approximate surface area is 160 Å². The molecule has 146 valence electrons. The summed E-state index contributed by atoms with van der Waals surface area (Å²) in [5.41, 5.74) is 0.805. The van der Waals surface area contributed by atoms with Gasteiger partial charge in [0.25, 0.3) is 5.91 Å². The van der Waals surface area contributed by atoms with Crippen LogP contribution in [0.15, 0.2) is 47.5 Å². The zero-order chi connectivity index (χ0) is 20.0. The summed E-state index contributed by atoms with van der Waals surface area (Å²) in [4.78, 5) is 19.0. The molecule has 0 saturated heterocycles. The van der Waals surface area contributed by atoms with Crippen LogP contribution in [0.1, 0.15) is 38.1 Å². The van der Waals surface area contributed by atoms with Gasteiger partial charge in [-0.05, 0) is 58.0 Å². The van der Waals surface area contributed by atoms with Gasteiger partial charge in [-0.1, -0.05) is 6.07 Å². The van der Waals surface area contributed by atoms with E-state index in [2.05, 4.69) is 33.8 Å². The molecule has 2 N–H and O–H groups in total. The van der Waals surface area contributed by atoms with Crippen molar-refractivity contribution in [1.29, 1.82) is 0 Å². The predicted molar refractivity (Wildman–Crippen MR) is 108 cm³/mol. The Balaban J connectivity index is 2.16. The van der Waals surface area contributed by atoms with Gasteiger partial charge in [-0.25, -0.2) is 18.1 Å². The lowest BCUT2D eigenvalue weighted by Gasteiger charge is -2.19. The van der Waals surface area contributed by atoms with E-state index in [4.69, 9.17) is 0 Å². The van der Waals surface area contributed by atoms with Gasteiger partial charge >= 0.3 is 0 Å². The first-order valence-electron chi connectivity index (χ1n) is 8.91. The molecule has 1 heterocycles. The fraction of sp³-hybridized carbons (Fsp3) is 0.368. The zero-order valence-corrected chi connectivity index (χ0v) is 16.9. The molecule has 0 aliphatic heterocycles. The van der Waals surface area contributed by atoms with Gasteiger partial charge in [-0.2, -0.15) is 0 Å². The fourth-order valence-electron chi connectivity index (χ4n) is 2.58. The number of nitrogens with zero attached hydrogens (tertiary/aromatic N) is 2. The number of rotatable bonds is 8. The number of nitrogens with one attached hydrogen (secondary N) is 2. The smallest absolute Gasteiger partial charge is 0.255 e. The molecule has 1 aromatic carbocycles. The Kier molecular flexibility index (Phi) is 6.92. The molecule has 0 spiro atoms. The van der Waals surface area contributed by atoms with Gasteiger partial charge in [0.1, 0.15) is 5.82 Å². The molecule has 0 radical (unpaired) electrons. The fourth-order valence-corrected chi connectivity index (χ4v) is 3.88. The first-order valence-corrected chi connectivity index (χ1v) is 10.4. The van der Waals surface area contributed by atoms with Crippen LogP contribution >= 0.6 is 0 Å². The van der Waals surface area contributed by atoms with Crippen molar-refractivity contribution >= 4 is 27.4 Å². The van der Waals surface area contributed by atoms with Crippen molar-refractivity contribution in [2.75, 3.05) is 23.3 Å². The quantitative estimate of drug-likeness (QED) is 0.723. The Hall–Kier alpha value is -2.45. The first-order chi connectivity index (χ1) is 12.8. The normalized spacial score (nSPS) is 11.4. The Bertz CT molecular complexity index is 876. The average molecular weight is 391 g/mol. The van der Waals surface area contributed by atoms with Crippen LogP contribution in [0, 0.1) is 0 Å².